The number of carbonyl (C=O) groups excluding carboxylic acids is 3. The number of nitrogens with zero attached hydrogens (tertiary/aromatic N) is 4. The van der Waals surface area contributed by atoms with E-state index in [1.165, 1.54) is 17.7 Å². The molecule has 4 aromatic rings. The molecule has 6 rings (SSSR count). The number of benzene rings is 2. The summed E-state index contributed by atoms with van der Waals surface area (Å²) < 4.78 is 34.6. The van der Waals surface area contributed by atoms with Crippen LogP contribution in [0.2, 0.25) is 0 Å². The Kier molecular flexibility index (Phi) is 4.66. The molecule has 180 valence electrons. The van der Waals surface area contributed by atoms with Crippen molar-refractivity contribution in [3.8, 4) is 0 Å². The SMILES string of the molecule is CC(=O)c1cccc(Cn2nc3c(c2C)N2C(=O)c4cc(C(N)=O)nc5cccc(c45)P2C3(F)F)c1. The monoisotopic (exact) mass is 505 g/mol. The van der Waals surface area contributed by atoms with Crippen LogP contribution in [0.4, 0.5) is 14.5 Å². The summed E-state index contributed by atoms with van der Waals surface area (Å²) in [6, 6.07) is 12.9. The van der Waals surface area contributed by atoms with Crippen molar-refractivity contribution >= 4 is 47.6 Å². The predicted molar refractivity (Wildman–Crippen MR) is 130 cm³/mol. The number of fused-ring (bicyclic) bond motifs is 4. The van der Waals surface area contributed by atoms with E-state index in [9.17, 15) is 14.4 Å². The van der Waals surface area contributed by atoms with E-state index in [0.29, 0.717) is 21.9 Å². The average molecular weight is 505 g/mol. The molecule has 2 aliphatic heterocycles. The molecular formula is C25H18F2N5O3P. The third-order valence-electron chi connectivity index (χ3n) is 6.52. The van der Waals surface area contributed by atoms with Crippen LogP contribution in [-0.4, -0.2) is 32.4 Å². The van der Waals surface area contributed by atoms with Gasteiger partial charge >= 0.3 is 5.66 Å². The third-order valence-corrected chi connectivity index (χ3v) is 8.87. The topological polar surface area (TPSA) is 111 Å². The predicted octanol–water partition coefficient (Wildman–Crippen LogP) is 3.84. The second kappa shape index (κ2) is 7.48. The third kappa shape index (κ3) is 2.97. The highest BCUT2D eigenvalue weighted by molar-refractivity contribution is 7.70. The van der Waals surface area contributed by atoms with Crippen molar-refractivity contribution in [1.29, 1.82) is 0 Å². The molecule has 1 atom stereocenters. The normalized spacial score (nSPS) is 17.3. The molecule has 0 saturated carbocycles. The van der Waals surface area contributed by atoms with Crippen molar-refractivity contribution < 1.29 is 23.2 Å². The Bertz CT molecular complexity index is 1670. The van der Waals surface area contributed by atoms with E-state index in [-0.39, 0.29) is 34.8 Å². The van der Waals surface area contributed by atoms with Gasteiger partial charge in [0.05, 0.1) is 29.0 Å². The second-order valence-electron chi connectivity index (χ2n) is 8.76. The Morgan fingerprint density at radius 1 is 1.14 bits per heavy atom. The van der Waals surface area contributed by atoms with Gasteiger partial charge < -0.3 is 5.73 Å². The van der Waals surface area contributed by atoms with Crippen LogP contribution in [-0.2, 0) is 12.2 Å². The number of rotatable bonds is 4. The summed E-state index contributed by atoms with van der Waals surface area (Å²) in [5.41, 5.74) is 3.49. The Hall–Kier alpha value is -4.04. The second-order valence-corrected chi connectivity index (χ2v) is 10.8. The summed E-state index contributed by atoms with van der Waals surface area (Å²) in [4.78, 5) is 41.5. The molecule has 0 aliphatic carbocycles. The first kappa shape index (κ1) is 22.4. The fourth-order valence-corrected chi connectivity index (χ4v) is 7.36. The average Bonchev–Trinajstić information content (AvgIpc) is 3.28. The van der Waals surface area contributed by atoms with Crippen molar-refractivity contribution in [1.82, 2.24) is 14.8 Å². The maximum atomic E-state index is 16.0. The van der Waals surface area contributed by atoms with Crippen LogP contribution in [0.5, 0.6) is 0 Å². The molecule has 2 aromatic carbocycles. The van der Waals surface area contributed by atoms with Crippen molar-refractivity contribution in [3.63, 3.8) is 0 Å². The number of pyridine rings is 1. The maximum absolute atomic E-state index is 16.0. The van der Waals surface area contributed by atoms with Crippen LogP contribution < -0.4 is 15.7 Å². The van der Waals surface area contributed by atoms with Crippen molar-refractivity contribution in [2.75, 3.05) is 4.67 Å². The molecule has 8 nitrogen and oxygen atoms in total. The summed E-state index contributed by atoms with van der Waals surface area (Å²) in [6.07, 6.45) is 0. The van der Waals surface area contributed by atoms with Crippen molar-refractivity contribution in [2.24, 2.45) is 5.73 Å². The van der Waals surface area contributed by atoms with E-state index < -0.39 is 31.2 Å². The van der Waals surface area contributed by atoms with Crippen molar-refractivity contribution in [3.05, 3.63) is 82.3 Å². The van der Waals surface area contributed by atoms with Crippen LogP contribution in [0.3, 0.4) is 0 Å². The van der Waals surface area contributed by atoms with Gasteiger partial charge in [-0.05, 0) is 37.6 Å². The van der Waals surface area contributed by atoms with Crippen LogP contribution >= 0.6 is 8.07 Å². The van der Waals surface area contributed by atoms with E-state index >= 15 is 8.78 Å². The number of nitrogens with two attached hydrogens (primary N) is 1. The molecule has 11 heteroatoms. The number of carbonyl (C=O) groups is 3. The maximum Gasteiger partial charge on any atom is 0.332 e. The zero-order chi connectivity index (χ0) is 25.5. The molecule has 2 aliphatic rings. The fourth-order valence-electron chi connectivity index (χ4n) is 4.84. The standard InChI is InChI=1S/C25H18F2N5O3P/c1-12-21-22(30-31(12)11-14-5-3-6-15(9-14)13(2)33)25(26,27)36-19-8-4-7-17-20(19)16(24(35)32(21)36)10-18(29-17)23(28)34/h3-10H,11H2,1-2H3,(H2,28,34). The summed E-state index contributed by atoms with van der Waals surface area (Å²) in [5.74, 6) is -1.57. The number of ketones is 1. The van der Waals surface area contributed by atoms with E-state index in [4.69, 9.17) is 5.73 Å². The number of hydrogen-bond acceptors (Lipinski definition) is 5. The number of anilines is 1. The van der Waals surface area contributed by atoms with Crippen molar-refractivity contribution in [2.45, 2.75) is 26.1 Å². The summed E-state index contributed by atoms with van der Waals surface area (Å²) in [6.45, 7) is 3.24. The molecular weight excluding hydrogens is 487 g/mol. The largest absolute Gasteiger partial charge is 0.364 e. The first-order chi connectivity index (χ1) is 17.1. The Balaban J connectivity index is 1.51. The minimum atomic E-state index is -3.41. The van der Waals surface area contributed by atoms with Crippen LogP contribution in [0, 0.1) is 6.92 Å². The number of alkyl halides is 2. The molecule has 0 radical (unpaired) electrons. The zero-order valence-electron chi connectivity index (χ0n) is 19.1. The van der Waals surface area contributed by atoms with Crippen LogP contribution in [0.15, 0.2) is 48.5 Å². The molecule has 0 spiro atoms. The Morgan fingerprint density at radius 3 is 2.61 bits per heavy atom. The number of hydrogen-bond donors (Lipinski definition) is 1. The highest BCUT2D eigenvalue weighted by Crippen LogP contribution is 2.70. The Morgan fingerprint density at radius 2 is 1.89 bits per heavy atom. The van der Waals surface area contributed by atoms with E-state index in [1.807, 2.05) is 0 Å². The molecule has 36 heavy (non-hydrogen) atoms. The molecule has 4 heterocycles. The van der Waals surface area contributed by atoms with Crippen LogP contribution in [0.25, 0.3) is 10.9 Å². The number of primary amides is 1. The minimum Gasteiger partial charge on any atom is -0.364 e. The van der Waals surface area contributed by atoms with Gasteiger partial charge in [-0.15, -0.1) is 0 Å². The molecule has 0 fully saturated rings. The summed E-state index contributed by atoms with van der Waals surface area (Å²) in [7, 11) is -2.45. The number of aromatic nitrogens is 3. The van der Waals surface area contributed by atoms with E-state index in [0.717, 1.165) is 10.2 Å². The van der Waals surface area contributed by atoms with E-state index in [2.05, 4.69) is 10.1 Å². The van der Waals surface area contributed by atoms with Gasteiger partial charge in [-0.2, -0.15) is 13.9 Å². The highest BCUT2D eigenvalue weighted by atomic mass is 31.1. The lowest BCUT2D eigenvalue weighted by Gasteiger charge is -2.34. The van der Waals surface area contributed by atoms with Crippen LogP contribution in [0.1, 0.15) is 55.1 Å². The summed E-state index contributed by atoms with van der Waals surface area (Å²) in [5, 5.41) is 4.86. The Labute approximate surface area is 204 Å². The first-order valence-corrected chi connectivity index (χ1v) is 12.3. The van der Waals surface area contributed by atoms with Gasteiger partial charge in [-0.1, -0.05) is 30.3 Å². The molecule has 0 bridgehead atoms. The van der Waals surface area contributed by atoms with Gasteiger partial charge in [0, 0.05) is 16.3 Å². The molecule has 2 amide bonds. The number of halogens is 2. The fraction of sp³-hybridized carbons (Fsp3) is 0.160. The van der Waals surface area contributed by atoms with Gasteiger partial charge in [0.2, 0.25) is 0 Å². The van der Waals surface area contributed by atoms with Gasteiger partial charge in [0.15, 0.2) is 11.5 Å². The lowest BCUT2D eigenvalue weighted by Crippen LogP contribution is -2.36. The lowest BCUT2D eigenvalue weighted by atomic mass is 10.1. The molecule has 2 aromatic heterocycles. The van der Waals surface area contributed by atoms with Gasteiger partial charge in [-0.25, -0.2) is 4.98 Å². The highest BCUT2D eigenvalue weighted by Gasteiger charge is 2.61. The van der Waals surface area contributed by atoms with Gasteiger partial charge in [-0.3, -0.25) is 23.7 Å². The minimum absolute atomic E-state index is 0.0684. The number of amides is 2. The first-order valence-electron chi connectivity index (χ1n) is 11.0. The summed E-state index contributed by atoms with van der Waals surface area (Å²) >= 11 is 0. The zero-order valence-corrected chi connectivity index (χ0v) is 20.0. The molecule has 2 N–H and O–H groups in total. The quantitative estimate of drug-likeness (QED) is 0.335. The van der Waals surface area contributed by atoms with Gasteiger partial charge in [0.25, 0.3) is 11.8 Å². The lowest BCUT2D eigenvalue weighted by molar-refractivity contribution is 0.0936. The van der Waals surface area contributed by atoms with Gasteiger partial charge in [0.1, 0.15) is 13.8 Å². The molecule has 0 saturated heterocycles. The number of Topliss-reactive ketones (excluding diaryl/α,β-unsaturated/α-hetero) is 1. The van der Waals surface area contributed by atoms with E-state index in [1.54, 1.807) is 49.4 Å². The molecule has 1 unspecified atom stereocenters. The smallest absolute Gasteiger partial charge is 0.332 e.